The molecule has 0 radical (unpaired) electrons. The van der Waals surface area contributed by atoms with Crippen LogP contribution in [0, 0.1) is 0 Å². The molecule has 0 unspecified atom stereocenters. The molecule has 0 saturated heterocycles. The summed E-state index contributed by atoms with van der Waals surface area (Å²) in [6.45, 7) is 6.37. The van der Waals surface area contributed by atoms with E-state index in [0.29, 0.717) is 24.8 Å². The lowest BCUT2D eigenvalue weighted by molar-refractivity contribution is -0.138. The molecule has 1 rings (SSSR count). The number of aryl methyl sites for hydroxylation is 1. The van der Waals surface area contributed by atoms with E-state index in [2.05, 4.69) is 16.7 Å². The van der Waals surface area contributed by atoms with Gasteiger partial charge in [0.2, 0.25) is 5.89 Å². The SMILES string of the molecule is C=CCN(CC(=O)O)Cc1noc(CCC)n1. The van der Waals surface area contributed by atoms with Crippen molar-refractivity contribution < 1.29 is 14.4 Å². The molecule has 6 heteroatoms. The van der Waals surface area contributed by atoms with E-state index in [1.807, 2.05) is 6.92 Å². The monoisotopic (exact) mass is 239 g/mol. The lowest BCUT2D eigenvalue weighted by Gasteiger charge is -2.15. The van der Waals surface area contributed by atoms with Gasteiger partial charge in [-0.2, -0.15) is 4.98 Å². The molecule has 0 spiro atoms. The molecule has 0 aliphatic carbocycles. The summed E-state index contributed by atoms with van der Waals surface area (Å²) in [4.78, 5) is 16.5. The molecule has 1 heterocycles. The average Bonchev–Trinajstić information content (AvgIpc) is 2.65. The lowest BCUT2D eigenvalue weighted by Crippen LogP contribution is -2.29. The highest BCUT2D eigenvalue weighted by Gasteiger charge is 2.13. The number of aromatic nitrogens is 2. The van der Waals surface area contributed by atoms with E-state index in [1.165, 1.54) is 0 Å². The van der Waals surface area contributed by atoms with Crippen molar-refractivity contribution in [1.29, 1.82) is 0 Å². The number of carboxylic acid groups (broad SMARTS) is 1. The van der Waals surface area contributed by atoms with E-state index >= 15 is 0 Å². The first kappa shape index (κ1) is 13.4. The largest absolute Gasteiger partial charge is 0.480 e. The summed E-state index contributed by atoms with van der Waals surface area (Å²) in [5.74, 6) is 0.219. The third-order valence-corrected chi connectivity index (χ3v) is 2.09. The molecule has 0 saturated carbocycles. The van der Waals surface area contributed by atoms with Crippen LogP contribution in [-0.2, 0) is 17.8 Å². The predicted octanol–water partition coefficient (Wildman–Crippen LogP) is 1.09. The molecule has 6 nitrogen and oxygen atoms in total. The van der Waals surface area contributed by atoms with Gasteiger partial charge in [-0.3, -0.25) is 9.69 Å². The van der Waals surface area contributed by atoms with Gasteiger partial charge in [0.15, 0.2) is 5.82 Å². The average molecular weight is 239 g/mol. The summed E-state index contributed by atoms with van der Waals surface area (Å²) in [5.41, 5.74) is 0. The van der Waals surface area contributed by atoms with Crippen LogP contribution in [0.4, 0.5) is 0 Å². The van der Waals surface area contributed by atoms with E-state index < -0.39 is 5.97 Å². The highest BCUT2D eigenvalue weighted by molar-refractivity contribution is 5.69. The van der Waals surface area contributed by atoms with E-state index in [1.54, 1.807) is 11.0 Å². The molecule has 94 valence electrons. The fourth-order valence-electron chi connectivity index (χ4n) is 1.43. The first-order valence-electron chi connectivity index (χ1n) is 5.52. The second kappa shape index (κ2) is 6.80. The van der Waals surface area contributed by atoms with Crippen LogP contribution in [0.5, 0.6) is 0 Å². The number of carbonyl (C=O) groups is 1. The van der Waals surface area contributed by atoms with Crippen LogP contribution in [0.3, 0.4) is 0 Å². The van der Waals surface area contributed by atoms with Gasteiger partial charge >= 0.3 is 5.97 Å². The third kappa shape index (κ3) is 4.78. The summed E-state index contributed by atoms with van der Waals surface area (Å²) >= 11 is 0. The minimum Gasteiger partial charge on any atom is -0.480 e. The molecule has 0 atom stereocenters. The van der Waals surface area contributed by atoms with Crippen molar-refractivity contribution in [2.45, 2.75) is 26.3 Å². The molecule has 0 aromatic carbocycles. The highest BCUT2D eigenvalue weighted by atomic mass is 16.5. The summed E-state index contributed by atoms with van der Waals surface area (Å²) < 4.78 is 5.03. The van der Waals surface area contributed by atoms with E-state index in [4.69, 9.17) is 9.63 Å². The minimum absolute atomic E-state index is 0.0658. The van der Waals surface area contributed by atoms with Gasteiger partial charge in [0.25, 0.3) is 0 Å². The molecule has 0 amide bonds. The predicted molar refractivity (Wildman–Crippen MR) is 61.4 cm³/mol. The van der Waals surface area contributed by atoms with Gasteiger partial charge in [0, 0.05) is 13.0 Å². The topological polar surface area (TPSA) is 79.5 Å². The van der Waals surface area contributed by atoms with Crippen LogP contribution in [0.2, 0.25) is 0 Å². The van der Waals surface area contributed by atoms with Crippen LogP contribution in [0.25, 0.3) is 0 Å². The normalized spacial score (nSPS) is 10.7. The maximum absolute atomic E-state index is 10.6. The van der Waals surface area contributed by atoms with E-state index in [-0.39, 0.29) is 6.54 Å². The number of carboxylic acids is 1. The van der Waals surface area contributed by atoms with Gasteiger partial charge < -0.3 is 9.63 Å². The second-order valence-corrected chi connectivity index (χ2v) is 3.71. The Morgan fingerprint density at radius 2 is 2.41 bits per heavy atom. The molecule has 17 heavy (non-hydrogen) atoms. The zero-order chi connectivity index (χ0) is 12.7. The van der Waals surface area contributed by atoms with Crippen molar-refractivity contribution in [3.63, 3.8) is 0 Å². The molecule has 0 fully saturated rings. The van der Waals surface area contributed by atoms with Gasteiger partial charge in [0.1, 0.15) is 0 Å². The zero-order valence-corrected chi connectivity index (χ0v) is 9.93. The second-order valence-electron chi connectivity index (χ2n) is 3.71. The Morgan fingerprint density at radius 1 is 1.65 bits per heavy atom. The van der Waals surface area contributed by atoms with Crippen molar-refractivity contribution in [3.05, 3.63) is 24.4 Å². The van der Waals surface area contributed by atoms with Crippen molar-refractivity contribution in [2.75, 3.05) is 13.1 Å². The van der Waals surface area contributed by atoms with Crippen molar-refractivity contribution in [3.8, 4) is 0 Å². The van der Waals surface area contributed by atoms with Gasteiger partial charge in [0.05, 0.1) is 13.1 Å². The van der Waals surface area contributed by atoms with Crippen LogP contribution in [0.1, 0.15) is 25.1 Å². The van der Waals surface area contributed by atoms with Crippen molar-refractivity contribution in [1.82, 2.24) is 15.0 Å². The fraction of sp³-hybridized carbons (Fsp3) is 0.545. The number of hydrogen-bond acceptors (Lipinski definition) is 5. The standard InChI is InChI=1S/C11H17N3O3/c1-3-5-10-12-9(13-17-10)7-14(6-4-2)8-11(15)16/h4H,2-3,5-8H2,1H3,(H,15,16). The van der Waals surface area contributed by atoms with Crippen LogP contribution in [0.15, 0.2) is 17.2 Å². The summed E-state index contributed by atoms with van der Waals surface area (Å²) in [6.07, 6.45) is 3.33. The van der Waals surface area contributed by atoms with Crippen molar-refractivity contribution in [2.24, 2.45) is 0 Å². The van der Waals surface area contributed by atoms with E-state index in [0.717, 1.165) is 12.8 Å². The summed E-state index contributed by atoms with van der Waals surface area (Å²) in [7, 11) is 0. The molecular formula is C11H17N3O3. The highest BCUT2D eigenvalue weighted by Crippen LogP contribution is 2.04. The quantitative estimate of drug-likeness (QED) is 0.684. The Kier molecular flexibility index (Phi) is 5.35. The number of rotatable bonds is 8. The molecule has 0 bridgehead atoms. The maximum atomic E-state index is 10.6. The Morgan fingerprint density at radius 3 is 3.00 bits per heavy atom. The zero-order valence-electron chi connectivity index (χ0n) is 9.93. The minimum atomic E-state index is -0.885. The number of nitrogens with zero attached hydrogens (tertiary/aromatic N) is 3. The summed E-state index contributed by atoms with van der Waals surface area (Å²) in [6, 6.07) is 0. The number of aliphatic carboxylic acids is 1. The third-order valence-electron chi connectivity index (χ3n) is 2.09. The smallest absolute Gasteiger partial charge is 0.317 e. The molecule has 1 N–H and O–H groups in total. The summed E-state index contributed by atoms with van der Waals surface area (Å²) in [5, 5.41) is 12.5. The van der Waals surface area contributed by atoms with Crippen LogP contribution in [-0.4, -0.2) is 39.2 Å². The molecular weight excluding hydrogens is 222 g/mol. The fourth-order valence-corrected chi connectivity index (χ4v) is 1.43. The first-order chi connectivity index (χ1) is 8.15. The Balaban J connectivity index is 2.57. The van der Waals surface area contributed by atoms with Crippen molar-refractivity contribution >= 4 is 5.97 Å². The molecule has 0 aliphatic heterocycles. The van der Waals surface area contributed by atoms with Gasteiger partial charge in [-0.05, 0) is 6.42 Å². The molecule has 0 aliphatic rings. The van der Waals surface area contributed by atoms with Gasteiger partial charge in [-0.1, -0.05) is 18.2 Å². The van der Waals surface area contributed by atoms with Crippen LogP contribution < -0.4 is 0 Å². The number of hydrogen-bond donors (Lipinski definition) is 1. The Bertz CT molecular complexity index is 376. The van der Waals surface area contributed by atoms with Gasteiger partial charge in [-0.15, -0.1) is 6.58 Å². The Hall–Kier alpha value is -1.69. The van der Waals surface area contributed by atoms with E-state index in [9.17, 15) is 4.79 Å². The lowest BCUT2D eigenvalue weighted by atomic mass is 10.3. The van der Waals surface area contributed by atoms with Crippen LogP contribution >= 0.6 is 0 Å². The molecule has 1 aromatic rings. The molecule has 1 aromatic heterocycles. The maximum Gasteiger partial charge on any atom is 0.317 e. The van der Waals surface area contributed by atoms with Gasteiger partial charge in [-0.25, -0.2) is 0 Å². The first-order valence-corrected chi connectivity index (χ1v) is 5.52. The Labute approximate surface area is 99.9 Å².